The van der Waals surface area contributed by atoms with Gasteiger partial charge in [-0.15, -0.1) is 0 Å². The second kappa shape index (κ2) is 8.16. The van der Waals surface area contributed by atoms with Gasteiger partial charge in [0.2, 0.25) is 0 Å². The number of hydrogen-bond acceptors (Lipinski definition) is 4. The molecule has 0 amide bonds. The maximum atomic E-state index is 9.88. The summed E-state index contributed by atoms with van der Waals surface area (Å²) in [5.74, 6) is 0.703. The monoisotopic (exact) mass is 326 g/mol. The predicted molar refractivity (Wildman–Crippen MR) is 90.7 cm³/mol. The molecule has 2 rings (SSSR count). The Morgan fingerprint density at radius 1 is 1.36 bits per heavy atom. The minimum Gasteiger partial charge on any atom is -0.492 e. The summed E-state index contributed by atoms with van der Waals surface area (Å²) >= 11 is 6.29. The zero-order valence-corrected chi connectivity index (χ0v) is 14.5. The molecule has 1 aliphatic rings. The Bertz CT molecular complexity index is 484. The van der Waals surface area contributed by atoms with E-state index in [1.54, 1.807) is 0 Å². The minimum absolute atomic E-state index is 0.00497. The van der Waals surface area contributed by atoms with Crippen LogP contribution in [0.3, 0.4) is 0 Å². The Hall–Kier alpha value is -0.810. The maximum Gasteiger partial charge on any atom is 0.137 e. The lowest BCUT2D eigenvalue weighted by molar-refractivity contribution is 0.0367. The zero-order chi connectivity index (χ0) is 16.1. The summed E-state index contributed by atoms with van der Waals surface area (Å²) in [7, 11) is 0. The quantitative estimate of drug-likeness (QED) is 0.872. The highest BCUT2D eigenvalue weighted by Gasteiger charge is 2.28. The van der Waals surface area contributed by atoms with Gasteiger partial charge in [0.1, 0.15) is 5.75 Å². The van der Waals surface area contributed by atoms with Crippen molar-refractivity contribution in [3.05, 3.63) is 28.8 Å². The van der Waals surface area contributed by atoms with Crippen LogP contribution in [0.1, 0.15) is 32.4 Å². The minimum atomic E-state index is -0.00497. The standard InChI is InChI=1S/C17H27ClN2O2/c1-4-19-8-9-20(11-13(19)3)16(12-21)14-6-7-17(22-5-2)15(18)10-14/h6-7,10,13,16,21H,4-5,8-9,11-12H2,1-3H3. The normalized spacial score (nSPS) is 21.8. The highest BCUT2D eigenvalue weighted by atomic mass is 35.5. The van der Waals surface area contributed by atoms with Gasteiger partial charge in [-0.1, -0.05) is 24.6 Å². The van der Waals surface area contributed by atoms with Crippen molar-refractivity contribution in [2.24, 2.45) is 0 Å². The van der Waals surface area contributed by atoms with Gasteiger partial charge in [-0.3, -0.25) is 9.80 Å². The molecule has 2 atom stereocenters. The fourth-order valence-electron chi connectivity index (χ4n) is 3.20. The molecule has 5 heteroatoms. The Balaban J connectivity index is 2.13. The van der Waals surface area contributed by atoms with Crippen molar-refractivity contribution < 1.29 is 9.84 Å². The Kier molecular flexibility index (Phi) is 6.50. The van der Waals surface area contributed by atoms with E-state index in [4.69, 9.17) is 16.3 Å². The zero-order valence-electron chi connectivity index (χ0n) is 13.8. The molecule has 0 saturated carbocycles. The van der Waals surface area contributed by atoms with Crippen molar-refractivity contribution in [2.75, 3.05) is 39.4 Å². The third-order valence-electron chi connectivity index (χ3n) is 4.46. The molecule has 1 saturated heterocycles. The van der Waals surface area contributed by atoms with Crippen LogP contribution in [0.5, 0.6) is 5.75 Å². The number of benzene rings is 1. The highest BCUT2D eigenvalue weighted by molar-refractivity contribution is 6.32. The van der Waals surface area contributed by atoms with Crippen molar-refractivity contribution in [1.82, 2.24) is 9.80 Å². The first-order chi connectivity index (χ1) is 10.6. The van der Waals surface area contributed by atoms with Gasteiger partial charge in [-0.05, 0) is 38.1 Å². The Morgan fingerprint density at radius 2 is 2.14 bits per heavy atom. The van der Waals surface area contributed by atoms with Crippen LogP contribution < -0.4 is 4.74 Å². The van der Waals surface area contributed by atoms with Crippen LogP contribution in [-0.2, 0) is 0 Å². The molecule has 0 aliphatic carbocycles. The SMILES string of the molecule is CCOc1ccc(C(CO)N2CCN(CC)C(C)C2)cc1Cl. The average molecular weight is 327 g/mol. The van der Waals surface area contributed by atoms with E-state index in [0.717, 1.165) is 31.7 Å². The number of aliphatic hydroxyl groups excluding tert-OH is 1. The molecule has 2 unspecified atom stereocenters. The number of likely N-dealkylation sites (N-methyl/N-ethyl adjacent to an activating group) is 1. The lowest BCUT2D eigenvalue weighted by Crippen LogP contribution is -2.53. The molecule has 1 fully saturated rings. The molecular formula is C17H27ClN2O2. The number of hydrogen-bond donors (Lipinski definition) is 1. The summed E-state index contributed by atoms with van der Waals surface area (Å²) in [6.07, 6.45) is 0. The van der Waals surface area contributed by atoms with Crippen LogP contribution in [0.2, 0.25) is 5.02 Å². The molecule has 0 spiro atoms. The lowest BCUT2D eigenvalue weighted by atomic mass is 10.0. The van der Waals surface area contributed by atoms with Gasteiger partial charge in [0.25, 0.3) is 0 Å². The maximum absolute atomic E-state index is 9.88. The number of aliphatic hydroxyl groups is 1. The summed E-state index contributed by atoms with van der Waals surface area (Å²) in [6.45, 7) is 11.1. The van der Waals surface area contributed by atoms with Gasteiger partial charge in [-0.2, -0.15) is 0 Å². The van der Waals surface area contributed by atoms with Crippen LogP contribution in [0.4, 0.5) is 0 Å². The van der Waals surface area contributed by atoms with Gasteiger partial charge in [0.05, 0.1) is 24.3 Å². The van der Waals surface area contributed by atoms with Crippen molar-refractivity contribution in [3.63, 3.8) is 0 Å². The number of piperazine rings is 1. The van der Waals surface area contributed by atoms with E-state index in [0.29, 0.717) is 23.4 Å². The Morgan fingerprint density at radius 3 is 2.68 bits per heavy atom. The molecule has 0 bridgehead atoms. The van der Waals surface area contributed by atoms with E-state index in [1.807, 2.05) is 25.1 Å². The fraction of sp³-hybridized carbons (Fsp3) is 0.647. The summed E-state index contributed by atoms with van der Waals surface area (Å²) in [5, 5.41) is 10.5. The van der Waals surface area contributed by atoms with Crippen molar-refractivity contribution >= 4 is 11.6 Å². The van der Waals surface area contributed by atoms with E-state index >= 15 is 0 Å². The molecule has 1 heterocycles. The molecule has 1 N–H and O–H groups in total. The van der Waals surface area contributed by atoms with Crippen LogP contribution in [0, 0.1) is 0 Å². The summed E-state index contributed by atoms with van der Waals surface area (Å²) in [6, 6.07) is 6.33. The van der Waals surface area contributed by atoms with E-state index in [9.17, 15) is 5.11 Å². The molecule has 0 radical (unpaired) electrons. The number of rotatable bonds is 6. The first-order valence-corrected chi connectivity index (χ1v) is 8.49. The number of halogens is 1. The topological polar surface area (TPSA) is 35.9 Å². The second-order valence-corrected chi connectivity index (χ2v) is 6.20. The van der Waals surface area contributed by atoms with Crippen LogP contribution in [0.15, 0.2) is 18.2 Å². The first kappa shape index (κ1) is 17.5. The average Bonchev–Trinajstić information content (AvgIpc) is 2.51. The molecule has 4 nitrogen and oxygen atoms in total. The lowest BCUT2D eigenvalue weighted by Gasteiger charge is -2.42. The fourth-order valence-corrected chi connectivity index (χ4v) is 3.45. The van der Waals surface area contributed by atoms with Gasteiger partial charge in [0.15, 0.2) is 0 Å². The summed E-state index contributed by atoms with van der Waals surface area (Å²) in [4.78, 5) is 4.82. The number of ether oxygens (including phenoxy) is 1. The van der Waals surface area contributed by atoms with Crippen molar-refractivity contribution in [2.45, 2.75) is 32.9 Å². The van der Waals surface area contributed by atoms with Gasteiger partial charge in [-0.25, -0.2) is 0 Å². The van der Waals surface area contributed by atoms with E-state index < -0.39 is 0 Å². The van der Waals surface area contributed by atoms with Gasteiger partial charge in [0, 0.05) is 25.7 Å². The van der Waals surface area contributed by atoms with Gasteiger partial charge < -0.3 is 9.84 Å². The van der Waals surface area contributed by atoms with E-state index in [1.165, 1.54) is 0 Å². The molecule has 1 aliphatic heterocycles. The third-order valence-corrected chi connectivity index (χ3v) is 4.75. The molecule has 22 heavy (non-hydrogen) atoms. The van der Waals surface area contributed by atoms with Crippen LogP contribution >= 0.6 is 11.6 Å². The van der Waals surface area contributed by atoms with Gasteiger partial charge >= 0.3 is 0 Å². The largest absolute Gasteiger partial charge is 0.492 e. The molecular weight excluding hydrogens is 300 g/mol. The number of nitrogens with zero attached hydrogens (tertiary/aromatic N) is 2. The van der Waals surface area contributed by atoms with E-state index in [-0.39, 0.29) is 12.6 Å². The van der Waals surface area contributed by atoms with E-state index in [2.05, 4.69) is 23.6 Å². The van der Waals surface area contributed by atoms with Crippen molar-refractivity contribution in [3.8, 4) is 5.75 Å². The highest BCUT2D eigenvalue weighted by Crippen LogP contribution is 2.31. The summed E-state index contributed by atoms with van der Waals surface area (Å²) in [5.41, 5.74) is 1.05. The Labute approximate surface area is 138 Å². The summed E-state index contributed by atoms with van der Waals surface area (Å²) < 4.78 is 5.48. The molecule has 0 aromatic heterocycles. The predicted octanol–water partition coefficient (Wildman–Crippen LogP) is 2.80. The molecule has 124 valence electrons. The smallest absolute Gasteiger partial charge is 0.137 e. The molecule has 1 aromatic carbocycles. The third kappa shape index (κ3) is 3.93. The molecule has 1 aromatic rings. The van der Waals surface area contributed by atoms with Crippen molar-refractivity contribution in [1.29, 1.82) is 0 Å². The second-order valence-electron chi connectivity index (χ2n) is 5.79. The first-order valence-electron chi connectivity index (χ1n) is 8.11. The van der Waals surface area contributed by atoms with Crippen LogP contribution in [-0.4, -0.2) is 60.3 Å². The van der Waals surface area contributed by atoms with Crippen LogP contribution in [0.25, 0.3) is 0 Å².